The van der Waals surface area contributed by atoms with E-state index in [0.717, 1.165) is 17.3 Å². The molecule has 3 heterocycles. The van der Waals surface area contributed by atoms with Crippen molar-refractivity contribution in [1.82, 2.24) is 14.9 Å². The summed E-state index contributed by atoms with van der Waals surface area (Å²) in [6.45, 7) is 4.63. The van der Waals surface area contributed by atoms with Crippen molar-refractivity contribution in [3.63, 3.8) is 0 Å². The van der Waals surface area contributed by atoms with Gasteiger partial charge in [0.15, 0.2) is 0 Å². The number of aromatic nitrogens is 2. The Bertz CT molecular complexity index is 1630. The number of hydrogen-bond acceptors (Lipinski definition) is 7. The van der Waals surface area contributed by atoms with E-state index in [1.165, 1.54) is 12.1 Å². The lowest BCUT2D eigenvalue weighted by atomic mass is 9.78. The summed E-state index contributed by atoms with van der Waals surface area (Å²) in [6.07, 6.45) is 2.77. The molecule has 1 amide bonds. The van der Waals surface area contributed by atoms with E-state index in [9.17, 15) is 32.3 Å². The quantitative estimate of drug-likeness (QED) is 0.177. The molecule has 3 aromatic rings. The van der Waals surface area contributed by atoms with Gasteiger partial charge in [-0.2, -0.15) is 0 Å². The predicted octanol–water partition coefficient (Wildman–Crippen LogP) is 7.86. The first-order valence-electron chi connectivity index (χ1n) is 18.8. The lowest BCUT2D eigenvalue weighted by Crippen LogP contribution is -2.59. The van der Waals surface area contributed by atoms with Crippen LogP contribution in [0.15, 0.2) is 60.9 Å². The second kappa shape index (κ2) is 17.7. The van der Waals surface area contributed by atoms with Crippen LogP contribution in [0.3, 0.4) is 0 Å². The van der Waals surface area contributed by atoms with E-state index in [1.54, 1.807) is 12.4 Å². The zero-order chi connectivity index (χ0) is 37.5. The van der Waals surface area contributed by atoms with Gasteiger partial charge in [-0.25, -0.2) is 27.5 Å². The van der Waals surface area contributed by atoms with Gasteiger partial charge in [-0.1, -0.05) is 37.3 Å². The lowest BCUT2D eigenvalue weighted by molar-refractivity contribution is -0.145. The van der Waals surface area contributed by atoms with Gasteiger partial charge >= 0.3 is 5.97 Å². The van der Waals surface area contributed by atoms with Crippen molar-refractivity contribution in [3.8, 4) is 0 Å². The number of halogens is 4. The number of morpholine rings is 1. The average Bonchev–Trinajstić information content (AvgIpc) is 3.17. The van der Waals surface area contributed by atoms with E-state index in [-0.39, 0.29) is 48.8 Å². The van der Waals surface area contributed by atoms with E-state index >= 15 is 0 Å². The van der Waals surface area contributed by atoms with Crippen molar-refractivity contribution < 1.29 is 37.0 Å². The molecule has 2 aromatic carbocycles. The SMILES string of the molecule is CCC1CC(N(Cc2cc(C(F)F)cc(C(F)F)c2)c2ncc(N3CCOCC3)cn2)CC(Cc2ccccc2)N1C(=O)C1CCC(CC(=O)O)CC1. The molecule has 53 heavy (non-hydrogen) atoms. The van der Waals surface area contributed by atoms with Gasteiger partial charge in [0.05, 0.1) is 31.3 Å². The van der Waals surface area contributed by atoms with Crippen LogP contribution < -0.4 is 9.80 Å². The zero-order valence-corrected chi connectivity index (χ0v) is 30.1. The summed E-state index contributed by atoms with van der Waals surface area (Å²) in [5, 5.41) is 9.32. The van der Waals surface area contributed by atoms with Crippen LogP contribution in [-0.4, -0.2) is 76.3 Å². The van der Waals surface area contributed by atoms with E-state index < -0.39 is 29.9 Å². The molecule has 6 rings (SSSR count). The standard InChI is InChI=1S/C40H49F4N5O4/c1-2-32-21-33(22-34(18-26-6-4-3-5-7-26)49(32)39(52)29-10-8-27(9-11-29)19-36(50)51)48(25-28-16-30(37(41)42)20-31(17-28)38(43)44)40-45-23-35(24-46-40)47-12-14-53-15-13-47/h3-7,16-17,20,23-24,27,29,32-34,37-38H,2,8-15,18-19,21-22,25H2,1H3,(H,50,51). The highest BCUT2D eigenvalue weighted by Crippen LogP contribution is 2.38. The van der Waals surface area contributed by atoms with Crippen molar-refractivity contribution in [3.05, 3.63) is 83.2 Å². The number of alkyl halides is 4. The third-order valence-corrected chi connectivity index (χ3v) is 11.2. The Morgan fingerprint density at radius 1 is 0.887 bits per heavy atom. The number of aliphatic carboxylic acids is 1. The van der Waals surface area contributed by atoms with Crippen LogP contribution in [0.1, 0.15) is 93.4 Å². The molecule has 2 saturated heterocycles. The minimum absolute atomic E-state index is 0.0257. The highest BCUT2D eigenvalue weighted by atomic mass is 19.3. The molecule has 9 nitrogen and oxygen atoms in total. The molecular formula is C40H49F4N5O4. The van der Waals surface area contributed by atoms with E-state index in [0.29, 0.717) is 89.2 Å². The molecule has 0 radical (unpaired) electrons. The number of nitrogens with zero attached hydrogens (tertiary/aromatic N) is 5. The Kier molecular flexibility index (Phi) is 12.9. The van der Waals surface area contributed by atoms with Gasteiger partial charge in [-0.15, -0.1) is 0 Å². The molecule has 3 unspecified atom stereocenters. The molecule has 3 atom stereocenters. The summed E-state index contributed by atoms with van der Waals surface area (Å²) < 4.78 is 61.4. The minimum atomic E-state index is -2.92. The van der Waals surface area contributed by atoms with Crippen molar-refractivity contribution >= 4 is 23.5 Å². The summed E-state index contributed by atoms with van der Waals surface area (Å²) in [7, 11) is 0. The maximum Gasteiger partial charge on any atom is 0.303 e. The van der Waals surface area contributed by atoms with E-state index in [4.69, 9.17) is 14.7 Å². The van der Waals surface area contributed by atoms with Gasteiger partial charge < -0.3 is 24.5 Å². The van der Waals surface area contributed by atoms with Gasteiger partial charge in [-0.05, 0) is 86.6 Å². The Labute approximate surface area is 308 Å². The molecular weight excluding hydrogens is 690 g/mol. The highest BCUT2D eigenvalue weighted by molar-refractivity contribution is 5.80. The molecule has 3 aliphatic rings. The number of carboxylic acids is 1. The van der Waals surface area contributed by atoms with Crippen molar-refractivity contribution in [2.45, 2.75) is 102 Å². The molecule has 1 N–H and O–H groups in total. The molecule has 0 spiro atoms. The lowest BCUT2D eigenvalue weighted by Gasteiger charge is -2.49. The maximum absolute atomic E-state index is 14.5. The normalized spacial score (nSPS) is 23.7. The summed E-state index contributed by atoms with van der Waals surface area (Å²) in [6, 6.07) is 12.8. The number of ether oxygens (including phenoxy) is 1. The first-order chi connectivity index (χ1) is 25.6. The number of likely N-dealkylation sites (tertiary alicyclic amines) is 1. The molecule has 2 aliphatic heterocycles. The summed E-state index contributed by atoms with van der Waals surface area (Å²) in [5.74, 6) is -0.485. The fraction of sp³-hybridized carbons (Fsp3) is 0.550. The Hall–Kier alpha value is -4.26. The highest BCUT2D eigenvalue weighted by Gasteiger charge is 2.43. The minimum Gasteiger partial charge on any atom is -0.481 e. The number of hydrogen-bond donors (Lipinski definition) is 1. The first-order valence-corrected chi connectivity index (χ1v) is 18.8. The number of carbonyl (C=O) groups is 2. The van der Waals surface area contributed by atoms with Gasteiger partial charge in [0.1, 0.15) is 0 Å². The molecule has 1 aromatic heterocycles. The van der Waals surface area contributed by atoms with Gasteiger partial charge in [0.2, 0.25) is 11.9 Å². The van der Waals surface area contributed by atoms with Crippen LogP contribution in [-0.2, 0) is 27.3 Å². The smallest absolute Gasteiger partial charge is 0.303 e. The molecule has 1 saturated carbocycles. The van der Waals surface area contributed by atoms with Crippen LogP contribution >= 0.6 is 0 Å². The number of amides is 1. The predicted molar refractivity (Wildman–Crippen MR) is 193 cm³/mol. The molecule has 3 fully saturated rings. The van der Waals surface area contributed by atoms with Crippen molar-refractivity contribution in [2.24, 2.45) is 11.8 Å². The van der Waals surface area contributed by atoms with Crippen LogP contribution in [0, 0.1) is 11.8 Å². The van der Waals surface area contributed by atoms with Crippen LogP contribution in [0.2, 0.25) is 0 Å². The Morgan fingerprint density at radius 2 is 1.51 bits per heavy atom. The third-order valence-electron chi connectivity index (χ3n) is 11.2. The Balaban J connectivity index is 1.34. The van der Waals surface area contributed by atoms with Crippen molar-refractivity contribution in [2.75, 3.05) is 36.1 Å². The molecule has 286 valence electrons. The van der Waals surface area contributed by atoms with Gasteiger partial charge in [0.25, 0.3) is 12.9 Å². The van der Waals surface area contributed by atoms with Gasteiger partial charge in [-0.3, -0.25) is 9.59 Å². The summed E-state index contributed by atoms with van der Waals surface area (Å²) >= 11 is 0. The summed E-state index contributed by atoms with van der Waals surface area (Å²) in [4.78, 5) is 41.5. The largest absolute Gasteiger partial charge is 0.481 e. The molecule has 13 heteroatoms. The maximum atomic E-state index is 14.5. The average molecular weight is 740 g/mol. The molecule has 1 aliphatic carbocycles. The van der Waals surface area contributed by atoms with Crippen LogP contribution in [0.4, 0.5) is 29.2 Å². The Morgan fingerprint density at radius 3 is 2.09 bits per heavy atom. The molecule has 0 bridgehead atoms. The van der Waals surface area contributed by atoms with Crippen LogP contribution in [0.25, 0.3) is 0 Å². The fourth-order valence-electron chi connectivity index (χ4n) is 8.46. The monoisotopic (exact) mass is 739 g/mol. The van der Waals surface area contributed by atoms with E-state index in [1.807, 2.05) is 35.2 Å². The number of benzene rings is 2. The fourth-order valence-corrected chi connectivity index (χ4v) is 8.46. The number of rotatable bonds is 13. The van der Waals surface area contributed by atoms with Crippen molar-refractivity contribution in [1.29, 1.82) is 0 Å². The number of carbonyl (C=O) groups excluding carboxylic acids is 1. The second-order valence-electron chi connectivity index (χ2n) is 14.7. The number of piperidine rings is 1. The topological polar surface area (TPSA) is 99.1 Å². The van der Waals surface area contributed by atoms with Crippen LogP contribution in [0.5, 0.6) is 0 Å². The number of anilines is 2. The number of carboxylic acid groups (broad SMARTS) is 1. The van der Waals surface area contributed by atoms with Gasteiger partial charge in [0, 0.05) is 61.2 Å². The summed E-state index contributed by atoms with van der Waals surface area (Å²) in [5.41, 5.74) is 1.27. The first kappa shape index (κ1) is 38.5. The van der Waals surface area contributed by atoms with E-state index in [2.05, 4.69) is 16.7 Å². The zero-order valence-electron chi connectivity index (χ0n) is 30.1. The second-order valence-corrected chi connectivity index (χ2v) is 14.7. The third kappa shape index (κ3) is 9.65.